The molecular formula is C33H34N12O9. The van der Waals surface area contributed by atoms with Gasteiger partial charge in [0.1, 0.15) is 11.4 Å². The molecule has 2 heterocycles. The molecule has 2 aromatic carbocycles. The van der Waals surface area contributed by atoms with Crippen molar-refractivity contribution in [2.45, 2.75) is 12.8 Å². The lowest BCUT2D eigenvalue weighted by molar-refractivity contribution is -0.384. The van der Waals surface area contributed by atoms with Crippen molar-refractivity contribution in [2.75, 3.05) is 0 Å². The van der Waals surface area contributed by atoms with Crippen molar-refractivity contribution in [3.63, 3.8) is 0 Å². The van der Waals surface area contributed by atoms with E-state index in [-0.39, 0.29) is 23.3 Å². The number of allylic oxidation sites excluding steroid dienone is 2. The average molecular weight is 743 g/mol. The number of nitrogens with one attached hydrogen (secondary N) is 4. The number of hydrogen-bond acceptors (Lipinski definition) is 11. The van der Waals surface area contributed by atoms with Gasteiger partial charge in [0, 0.05) is 54.8 Å². The van der Waals surface area contributed by atoms with Gasteiger partial charge in [0.2, 0.25) is 17.7 Å². The number of hydrazone groups is 2. The fraction of sp³-hybridized carbons (Fsp3) is 0.0606. The number of Topliss-reactive ketones (excluding diaryl/α,β-unsaturated/α-hetero) is 1. The summed E-state index contributed by atoms with van der Waals surface area (Å²) >= 11 is 0. The summed E-state index contributed by atoms with van der Waals surface area (Å²) in [6, 6.07) is 20.2. The molecule has 0 unspecified atom stereocenters. The van der Waals surface area contributed by atoms with Gasteiger partial charge in [0.15, 0.2) is 0 Å². The Morgan fingerprint density at radius 2 is 1.11 bits per heavy atom. The van der Waals surface area contributed by atoms with Gasteiger partial charge in [0.05, 0.1) is 16.3 Å². The third-order valence-corrected chi connectivity index (χ3v) is 6.27. The van der Waals surface area contributed by atoms with Crippen LogP contribution >= 0.6 is 0 Å². The number of nitrogens with two attached hydrogens (primary N) is 2. The number of guanidine groups is 2. The fourth-order valence-electron chi connectivity index (χ4n) is 4.05. The first-order valence-electron chi connectivity index (χ1n) is 15.1. The van der Waals surface area contributed by atoms with Gasteiger partial charge in [-0.3, -0.25) is 40.6 Å². The molecule has 0 fully saturated rings. The molecule has 4 rings (SSSR count). The van der Waals surface area contributed by atoms with Crippen molar-refractivity contribution in [1.29, 1.82) is 10.8 Å². The number of rotatable bonds is 14. The lowest BCUT2D eigenvalue weighted by atomic mass is 10.2. The van der Waals surface area contributed by atoms with Crippen molar-refractivity contribution in [3.05, 3.63) is 129 Å². The number of carbonyl (C=O) groups excluding carboxylic acids is 1. The van der Waals surface area contributed by atoms with Crippen molar-refractivity contribution < 1.29 is 34.4 Å². The highest BCUT2D eigenvalue weighted by molar-refractivity contribution is 6.32. The predicted molar refractivity (Wildman–Crippen MR) is 200 cm³/mol. The molecule has 280 valence electrons. The van der Waals surface area contributed by atoms with Crippen molar-refractivity contribution in [3.8, 4) is 11.4 Å². The molecule has 0 radical (unpaired) electrons. The van der Waals surface area contributed by atoms with Crippen LogP contribution in [0.2, 0.25) is 0 Å². The van der Waals surface area contributed by atoms with E-state index < -0.39 is 40.4 Å². The average Bonchev–Trinajstić information content (AvgIpc) is 3.80. The molecule has 4 aromatic rings. The third-order valence-electron chi connectivity index (χ3n) is 6.27. The molecule has 21 nitrogen and oxygen atoms in total. The van der Waals surface area contributed by atoms with Gasteiger partial charge in [-0.25, -0.2) is 15.6 Å². The van der Waals surface area contributed by atoms with Crippen LogP contribution in [0.5, 0.6) is 0 Å². The Balaban J connectivity index is 0.000000301. The first-order valence-corrected chi connectivity index (χ1v) is 15.1. The highest BCUT2D eigenvalue weighted by Gasteiger charge is 2.16. The second kappa shape index (κ2) is 21.8. The lowest BCUT2D eigenvalue weighted by Gasteiger charge is -2.06. The maximum Gasteiger partial charge on any atom is 0.372 e. The summed E-state index contributed by atoms with van der Waals surface area (Å²) in [4.78, 5) is 51.1. The van der Waals surface area contributed by atoms with Crippen LogP contribution in [-0.2, 0) is 14.4 Å². The fourth-order valence-corrected chi connectivity index (χ4v) is 4.05. The van der Waals surface area contributed by atoms with Crippen LogP contribution < -0.4 is 22.3 Å². The van der Waals surface area contributed by atoms with Crippen molar-refractivity contribution in [2.24, 2.45) is 21.7 Å². The lowest BCUT2D eigenvalue weighted by Crippen LogP contribution is -2.25. The Labute approximate surface area is 305 Å². The van der Waals surface area contributed by atoms with Gasteiger partial charge >= 0.3 is 11.9 Å². The van der Waals surface area contributed by atoms with Gasteiger partial charge in [-0.1, -0.05) is 24.3 Å². The normalized spacial score (nSPS) is 10.7. The monoisotopic (exact) mass is 742 g/mol. The first-order chi connectivity index (χ1) is 25.7. The summed E-state index contributed by atoms with van der Waals surface area (Å²) in [7, 11) is 0. The minimum atomic E-state index is -1.58. The number of nitro groups is 2. The van der Waals surface area contributed by atoms with E-state index in [0.717, 1.165) is 11.4 Å². The largest absolute Gasteiger partial charge is 0.481 e. The van der Waals surface area contributed by atoms with Gasteiger partial charge < -0.3 is 30.8 Å². The molecule has 21 heteroatoms. The molecule has 0 aliphatic carbocycles. The van der Waals surface area contributed by atoms with Gasteiger partial charge in [-0.2, -0.15) is 10.2 Å². The van der Waals surface area contributed by atoms with Gasteiger partial charge in [-0.05, 0) is 60.7 Å². The van der Waals surface area contributed by atoms with E-state index >= 15 is 0 Å². The zero-order valence-electron chi connectivity index (χ0n) is 28.1. The summed E-state index contributed by atoms with van der Waals surface area (Å²) in [5.41, 5.74) is 17.2. The number of benzene rings is 2. The molecular weight excluding hydrogens is 708 g/mol. The number of para-hydroxylation sites is 4. The minimum absolute atomic E-state index is 0.0280. The number of aromatic nitrogens is 2. The second-order valence-electron chi connectivity index (χ2n) is 10.0. The van der Waals surface area contributed by atoms with E-state index in [1.165, 1.54) is 24.6 Å². The highest BCUT2D eigenvalue weighted by atomic mass is 16.6. The van der Waals surface area contributed by atoms with E-state index in [2.05, 4.69) is 21.1 Å². The van der Waals surface area contributed by atoms with Gasteiger partial charge in [0.25, 0.3) is 11.4 Å². The standard InChI is InChI=1S/2C14H14N6O2.C5H6O5/c2*15-14(16)18-17-9-3-5-11-6-4-10-19(11)12-7-1-2-8-13(12)20(21)22;6-3(5(9)10)1-2-4(7)8/h2*1-10H,(H4,15,16,18);1-2H2,(H,7,8)(H,9,10)/b2*5-3+,17-9+;. The van der Waals surface area contributed by atoms with Crippen LogP contribution in [0.15, 0.2) is 108 Å². The third kappa shape index (κ3) is 14.3. The molecule has 2 aromatic heterocycles. The number of ketones is 1. The quantitative estimate of drug-likeness (QED) is 0.0303. The molecule has 0 saturated heterocycles. The molecule has 0 saturated carbocycles. The van der Waals surface area contributed by atoms with Crippen LogP contribution in [0.4, 0.5) is 11.4 Å². The minimum Gasteiger partial charge on any atom is -0.481 e. The van der Waals surface area contributed by atoms with Crippen LogP contribution in [-0.4, -0.2) is 71.3 Å². The smallest absolute Gasteiger partial charge is 0.372 e. The number of carboxylic acid groups (broad SMARTS) is 2. The van der Waals surface area contributed by atoms with E-state index in [4.69, 9.17) is 32.5 Å². The van der Waals surface area contributed by atoms with Crippen LogP contribution in [0.3, 0.4) is 0 Å². The maximum absolute atomic E-state index is 11.1. The van der Waals surface area contributed by atoms with Crippen molar-refractivity contribution >= 4 is 65.6 Å². The number of nitrogens with zero attached hydrogens (tertiary/aromatic N) is 6. The predicted octanol–water partition coefficient (Wildman–Crippen LogP) is 3.24. The molecule has 10 N–H and O–H groups in total. The Bertz CT molecular complexity index is 1970. The summed E-state index contributed by atoms with van der Waals surface area (Å²) in [5.74, 6) is -4.33. The summed E-state index contributed by atoms with van der Waals surface area (Å²) < 4.78 is 3.42. The Morgan fingerprint density at radius 1 is 0.704 bits per heavy atom. The second-order valence-corrected chi connectivity index (χ2v) is 10.0. The Hall–Kier alpha value is -8.23. The topological polar surface area (TPSA) is 336 Å². The molecule has 0 aliphatic rings. The molecule has 0 amide bonds. The van der Waals surface area contributed by atoms with Crippen molar-refractivity contribution in [1.82, 2.24) is 20.0 Å². The first kappa shape index (κ1) is 41.9. The molecule has 0 atom stereocenters. The Morgan fingerprint density at radius 3 is 1.46 bits per heavy atom. The number of carbonyl (C=O) groups is 3. The SMILES string of the molecule is N=C(N)N/N=C/C=C/c1cccn1-c1ccccc1[N+](=O)[O-].N=C(N)N/N=C/C=C/c1cccn1-c1ccccc1[N+](=O)[O-].O=C(O)CCC(=O)C(=O)O. The summed E-state index contributed by atoms with van der Waals surface area (Å²) in [6.45, 7) is 0. The molecule has 0 bridgehead atoms. The number of nitro benzene ring substituents is 2. The highest BCUT2D eigenvalue weighted by Crippen LogP contribution is 2.25. The van der Waals surface area contributed by atoms with E-state index in [1.54, 1.807) is 94.4 Å². The van der Waals surface area contributed by atoms with Gasteiger partial charge in [-0.15, -0.1) is 0 Å². The van der Waals surface area contributed by atoms with E-state index in [0.29, 0.717) is 11.4 Å². The summed E-state index contributed by atoms with van der Waals surface area (Å²) in [5, 5.41) is 59.4. The summed E-state index contributed by atoms with van der Waals surface area (Å²) in [6.07, 6.45) is 12.2. The zero-order chi connectivity index (χ0) is 40.0. The van der Waals surface area contributed by atoms with E-state index in [1.807, 2.05) is 12.1 Å². The van der Waals surface area contributed by atoms with Crippen LogP contribution in [0.1, 0.15) is 24.2 Å². The number of aliphatic carboxylic acids is 2. The zero-order valence-corrected chi connectivity index (χ0v) is 28.1. The maximum atomic E-state index is 11.1. The molecule has 54 heavy (non-hydrogen) atoms. The number of carboxylic acids is 2. The van der Waals surface area contributed by atoms with Crippen LogP contribution in [0, 0.1) is 31.0 Å². The molecule has 0 spiro atoms. The van der Waals surface area contributed by atoms with Crippen LogP contribution in [0.25, 0.3) is 23.5 Å². The number of hydrogen-bond donors (Lipinski definition) is 8. The molecule has 0 aliphatic heterocycles. The Kier molecular flexibility index (Phi) is 16.9. The van der Waals surface area contributed by atoms with E-state index in [9.17, 15) is 34.6 Å².